The molecule has 1 aliphatic rings. The standard InChI is InChI=1S/C23H31F3N6.HI/c1-4-27-22(28-14-19-6-5-7-21(29-19)31(2)3)30-20-12-13-32(16-20)15-17-8-10-18(11-9-17)23(24,25)26;/h5-11,20H,4,12-16H2,1-3H3,(H2,27,28,30);1H. The Morgan fingerprint density at radius 3 is 2.55 bits per heavy atom. The summed E-state index contributed by atoms with van der Waals surface area (Å²) in [5.41, 5.74) is 1.16. The van der Waals surface area contributed by atoms with Gasteiger partial charge in [0.05, 0.1) is 17.8 Å². The van der Waals surface area contributed by atoms with Gasteiger partial charge in [-0.2, -0.15) is 13.2 Å². The zero-order valence-electron chi connectivity index (χ0n) is 19.2. The number of aromatic nitrogens is 1. The number of nitrogens with zero attached hydrogens (tertiary/aromatic N) is 4. The third kappa shape index (κ3) is 8.33. The molecule has 0 amide bonds. The molecule has 1 aromatic carbocycles. The molecule has 0 radical (unpaired) electrons. The summed E-state index contributed by atoms with van der Waals surface area (Å²) in [5.74, 6) is 1.64. The van der Waals surface area contributed by atoms with Crippen LogP contribution in [0.4, 0.5) is 19.0 Å². The summed E-state index contributed by atoms with van der Waals surface area (Å²) >= 11 is 0. The molecule has 1 atom stereocenters. The summed E-state index contributed by atoms with van der Waals surface area (Å²) in [4.78, 5) is 13.5. The zero-order valence-corrected chi connectivity index (χ0v) is 21.5. The molecule has 10 heteroatoms. The molecule has 0 spiro atoms. The summed E-state index contributed by atoms with van der Waals surface area (Å²) in [7, 11) is 3.91. The monoisotopic (exact) mass is 576 g/mol. The van der Waals surface area contributed by atoms with Gasteiger partial charge in [0.1, 0.15) is 5.82 Å². The number of hydrogen-bond donors (Lipinski definition) is 2. The predicted molar refractivity (Wildman–Crippen MR) is 137 cm³/mol. The van der Waals surface area contributed by atoms with Gasteiger partial charge in [-0.3, -0.25) is 4.90 Å². The fraction of sp³-hybridized carbons (Fsp3) is 0.478. The summed E-state index contributed by atoms with van der Waals surface area (Å²) in [6.07, 6.45) is -3.36. The molecule has 0 aliphatic carbocycles. The quantitative estimate of drug-likeness (QED) is 0.295. The molecule has 1 aliphatic heterocycles. The van der Waals surface area contributed by atoms with Crippen molar-refractivity contribution in [3.05, 3.63) is 59.3 Å². The van der Waals surface area contributed by atoms with E-state index in [0.29, 0.717) is 13.1 Å². The van der Waals surface area contributed by atoms with E-state index in [1.807, 2.05) is 44.1 Å². The van der Waals surface area contributed by atoms with E-state index in [4.69, 9.17) is 0 Å². The first-order chi connectivity index (χ1) is 15.2. The Kier molecular flexibility index (Phi) is 10.2. The van der Waals surface area contributed by atoms with Crippen LogP contribution in [0.5, 0.6) is 0 Å². The number of guanidine groups is 1. The van der Waals surface area contributed by atoms with Gasteiger partial charge in [-0.15, -0.1) is 24.0 Å². The first-order valence-corrected chi connectivity index (χ1v) is 10.8. The minimum atomic E-state index is -4.30. The first kappa shape index (κ1) is 27.2. The van der Waals surface area contributed by atoms with E-state index >= 15 is 0 Å². The van der Waals surface area contributed by atoms with Crippen LogP contribution < -0.4 is 15.5 Å². The number of likely N-dealkylation sites (tertiary alicyclic amines) is 1. The fourth-order valence-corrected chi connectivity index (χ4v) is 3.63. The van der Waals surface area contributed by atoms with Crippen molar-refractivity contribution < 1.29 is 13.2 Å². The molecule has 6 nitrogen and oxygen atoms in total. The number of rotatable bonds is 7. The molecule has 2 heterocycles. The topological polar surface area (TPSA) is 55.8 Å². The van der Waals surface area contributed by atoms with Gasteiger partial charge < -0.3 is 15.5 Å². The van der Waals surface area contributed by atoms with Crippen molar-refractivity contribution in [3.8, 4) is 0 Å². The van der Waals surface area contributed by atoms with E-state index in [9.17, 15) is 13.2 Å². The van der Waals surface area contributed by atoms with Gasteiger partial charge in [0.15, 0.2) is 5.96 Å². The second kappa shape index (κ2) is 12.4. The summed E-state index contributed by atoms with van der Waals surface area (Å²) in [6, 6.07) is 11.5. The second-order valence-corrected chi connectivity index (χ2v) is 8.14. The van der Waals surface area contributed by atoms with Gasteiger partial charge in [-0.25, -0.2) is 9.98 Å². The Morgan fingerprint density at radius 1 is 1.18 bits per heavy atom. The molecule has 1 unspecified atom stereocenters. The van der Waals surface area contributed by atoms with Gasteiger partial charge in [0.2, 0.25) is 0 Å². The maximum atomic E-state index is 12.7. The molecule has 0 saturated carbocycles. The number of pyridine rings is 1. The van der Waals surface area contributed by atoms with Crippen LogP contribution in [0.1, 0.15) is 30.2 Å². The van der Waals surface area contributed by atoms with Crippen LogP contribution in [0, 0.1) is 0 Å². The summed E-state index contributed by atoms with van der Waals surface area (Å²) in [5, 5.41) is 6.76. The van der Waals surface area contributed by atoms with E-state index < -0.39 is 11.7 Å². The lowest BCUT2D eigenvalue weighted by atomic mass is 10.1. The normalized spacial score (nSPS) is 16.9. The zero-order chi connectivity index (χ0) is 23.1. The lowest BCUT2D eigenvalue weighted by molar-refractivity contribution is -0.137. The number of hydrogen-bond acceptors (Lipinski definition) is 4. The first-order valence-electron chi connectivity index (χ1n) is 10.8. The highest BCUT2D eigenvalue weighted by molar-refractivity contribution is 14.0. The van der Waals surface area contributed by atoms with Crippen molar-refractivity contribution in [2.75, 3.05) is 38.6 Å². The van der Waals surface area contributed by atoms with E-state index in [1.54, 1.807) is 12.1 Å². The molecule has 1 aromatic heterocycles. The highest BCUT2D eigenvalue weighted by Crippen LogP contribution is 2.29. The third-order valence-electron chi connectivity index (χ3n) is 5.29. The molecule has 1 fully saturated rings. The average molecular weight is 576 g/mol. The van der Waals surface area contributed by atoms with Gasteiger partial charge in [0.25, 0.3) is 0 Å². The molecule has 1 saturated heterocycles. The smallest absolute Gasteiger partial charge is 0.363 e. The lowest BCUT2D eigenvalue weighted by Crippen LogP contribution is -2.44. The minimum absolute atomic E-state index is 0. The van der Waals surface area contributed by atoms with E-state index in [1.165, 1.54) is 0 Å². The van der Waals surface area contributed by atoms with E-state index in [2.05, 4.69) is 25.5 Å². The van der Waals surface area contributed by atoms with Crippen molar-refractivity contribution in [3.63, 3.8) is 0 Å². The largest absolute Gasteiger partial charge is 0.416 e. The lowest BCUT2D eigenvalue weighted by Gasteiger charge is -2.19. The molecule has 2 aromatic rings. The Bertz CT molecular complexity index is 902. The van der Waals surface area contributed by atoms with Gasteiger partial charge in [-0.1, -0.05) is 18.2 Å². The number of aliphatic imine (C=N–C) groups is 1. The minimum Gasteiger partial charge on any atom is -0.363 e. The van der Waals surface area contributed by atoms with Crippen molar-refractivity contribution in [2.24, 2.45) is 4.99 Å². The second-order valence-electron chi connectivity index (χ2n) is 8.14. The molecule has 33 heavy (non-hydrogen) atoms. The molecule has 0 bridgehead atoms. The maximum absolute atomic E-state index is 12.7. The van der Waals surface area contributed by atoms with Crippen LogP contribution in [0.2, 0.25) is 0 Å². The Hall–Kier alpha value is -2.08. The summed E-state index contributed by atoms with van der Waals surface area (Å²) < 4.78 is 38.2. The third-order valence-corrected chi connectivity index (χ3v) is 5.29. The maximum Gasteiger partial charge on any atom is 0.416 e. The van der Waals surface area contributed by atoms with Crippen LogP contribution in [0.15, 0.2) is 47.5 Å². The van der Waals surface area contributed by atoms with Crippen LogP contribution >= 0.6 is 24.0 Å². The van der Waals surface area contributed by atoms with Crippen LogP contribution in [-0.4, -0.2) is 55.6 Å². The van der Waals surface area contributed by atoms with Crippen LogP contribution in [0.3, 0.4) is 0 Å². The van der Waals surface area contributed by atoms with Crippen LogP contribution in [-0.2, 0) is 19.3 Å². The van der Waals surface area contributed by atoms with Gasteiger partial charge in [-0.05, 0) is 43.2 Å². The molecule has 182 valence electrons. The SMILES string of the molecule is CCNC(=NCc1cccc(N(C)C)n1)NC1CCN(Cc2ccc(C(F)(F)F)cc2)C1.I. The van der Waals surface area contributed by atoms with Gasteiger partial charge >= 0.3 is 6.18 Å². The molecule has 2 N–H and O–H groups in total. The Balaban J connectivity index is 0.00000385. The molecular formula is C23H32F3IN6. The number of anilines is 1. The Morgan fingerprint density at radius 2 is 1.91 bits per heavy atom. The Labute approximate surface area is 210 Å². The molecular weight excluding hydrogens is 544 g/mol. The van der Waals surface area contributed by atoms with Crippen molar-refractivity contribution in [2.45, 2.75) is 38.7 Å². The number of benzene rings is 1. The van der Waals surface area contributed by atoms with E-state index in [0.717, 1.165) is 61.2 Å². The number of halogens is 4. The van der Waals surface area contributed by atoms with Crippen molar-refractivity contribution in [1.82, 2.24) is 20.5 Å². The van der Waals surface area contributed by atoms with Crippen LogP contribution in [0.25, 0.3) is 0 Å². The average Bonchev–Trinajstić information content (AvgIpc) is 3.19. The fourth-order valence-electron chi connectivity index (χ4n) is 3.63. The summed E-state index contributed by atoms with van der Waals surface area (Å²) in [6.45, 7) is 5.56. The number of nitrogens with one attached hydrogen (secondary N) is 2. The van der Waals surface area contributed by atoms with Crippen molar-refractivity contribution >= 4 is 35.8 Å². The predicted octanol–water partition coefficient (Wildman–Crippen LogP) is 4.11. The van der Waals surface area contributed by atoms with E-state index in [-0.39, 0.29) is 30.0 Å². The molecule has 3 rings (SSSR count). The highest BCUT2D eigenvalue weighted by atomic mass is 127. The van der Waals surface area contributed by atoms with Gasteiger partial charge in [0, 0.05) is 46.3 Å². The number of alkyl halides is 3. The highest BCUT2D eigenvalue weighted by Gasteiger charge is 2.30. The van der Waals surface area contributed by atoms with Crippen molar-refractivity contribution in [1.29, 1.82) is 0 Å².